The second-order valence-corrected chi connectivity index (χ2v) is 8.75. The summed E-state index contributed by atoms with van der Waals surface area (Å²) in [6, 6.07) is 3.29. The Labute approximate surface area is 203 Å². The van der Waals surface area contributed by atoms with Gasteiger partial charge in [0.05, 0.1) is 0 Å². The monoisotopic (exact) mass is 507 g/mol. The standard InChI is InChI=1S/C22H24ClF2N7O3/c1-30(2)8-4-10-31-19-18(27-21(23)28-19)20(33)32(22(31)34)9-3-5-17-26-16(29-35-17)11-13-6-7-14(24)12-15(13)25/h6-7,12H,3-5,8-11H2,1-2H3,(H,27,28). The lowest BCUT2D eigenvalue weighted by Gasteiger charge is -2.13. The molecule has 0 unspecified atom stereocenters. The van der Waals surface area contributed by atoms with Crippen LogP contribution in [0.5, 0.6) is 0 Å². The Balaban J connectivity index is 1.47. The van der Waals surface area contributed by atoms with Gasteiger partial charge in [-0.3, -0.25) is 13.9 Å². The van der Waals surface area contributed by atoms with E-state index in [0.29, 0.717) is 25.8 Å². The van der Waals surface area contributed by atoms with Gasteiger partial charge in [0, 0.05) is 32.0 Å². The number of imidazole rings is 1. The number of aromatic amines is 1. The number of hydrogen-bond donors (Lipinski definition) is 1. The van der Waals surface area contributed by atoms with E-state index in [-0.39, 0.29) is 46.7 Å². The van der Waals surface area contributed by atoms with E-state index in [2.05, 4.69) is 20.1 Å². The molecule has 0 bridgehead atoms. The van der Waals surface area contributed by atoms with Crippen molar-refractivity contribution < 1.29 is 13.3 Å². The van der Waals surface area contributed by atoms with Gasteiger partial charge in [-0.15, -0.1) is 0 Å². The van der Waals surface area contributed by atoms with Crippen LogP contribution < -0.4 is 11.2 Å². The number of rotatable bonds is 10. The maximum Gasteiger partial charge on any atom is 0.332 e. The highest BCUT2D eigenvalue weighted by molar-refractivity contribution is 6.28. The number of nitrogens with zero attached hydrogens (tertiary/aromatic N) is 6. The van der Waals surface area contributed by atoms with Gasteiger partial charge >= 0.3 is 5.69 Å². The minimum atomic E-state index is -0.688. The number of benzene rings is 1. The third-order valence-corrected chi connectivity index (χ3v) is 5.64. The summed E-state index contributed by atoms with van der Waals surface area (Å²) >= 11 is 5.97. The third-order valence-electron chi connectivity index (χ3n) is 5.47. The molecule has 0 amide bonds. The summed E-state index contributed by atoms with van der Waals surface area (Å²) in [6.07, 6.45) is 1.40. The Hall–Kier alpha value is -3.38. The first kappa shape index (κ1) is 24.7. The average molecular weight is 508 g/mol. The van der Waals surface area contributed by atoms with Crippen molar-refractivity contribution in [2.24, 2.45) is 0 Å². The zero-order valence-electron chi connectivity index (χ0n) is 19.2. The fourth-order valence-electron chi connectivity index (χ4n) is 3.77. The summed E-state index contributed by atoms with van der Waals surface area (Å²) in [6.45, 7) is 1.25. The lowest BCUT2D eigenvalue weighted by molar-refractivity contribution is 0.366. The summed E-state index contributed by atoms with van der Waals surface area (Å²) in [5.41, 5.74) is -0.337. The Kier molecular flexibility index (Phi) is 7.41. The summed E-state index contributed by atoms with van der Waals surface area (Å²) in [5.74, 6) is -0.818. The summed E-state index contributed by atoms with van der Waals surface area (Å²) in [5, 5.41) is 3.86. The van der Waals surface area contributed by atoms with Gasteiger partial charge in [0.15, 0.2) is 17.0 Å². The van der Waals surface area contributed by atoms with Crippen LogP contribution in [0.4, 0.5) is 8.78 Å². The van der Waals surface area contributed by atoms with Crippen LogP contribution in [0.25, 0.3) is 11.2 Å². The highest BCUT2D eigenvalue weighted by atomic mass is 35.5. The molecule has 0 atom stereocenters. The Morgan fingerprint density at radius 1 is 1.11 bits per heavy atom. The molecule has 4 rings (SSSR count). The van der Waals surface area contributed by atoms with E-state index < -0.39 is 22.9 Å². The molecule has 35 heavy (non-hydrogen) atoms. The van der Waals surface area contributed by atoms with Gasteiger partial charge in [0.25, 0.3) is 5.56 Å². The molecule has 0 aliphatic carbocycles. The number of H-pyrrole nitrogens is 1. The number of aromatic nitrogens is 6. The third kappa shape index (κ3) is 5.65. The van der Waals surface area contributed by atoms with Crippen molar-refractivity contribution in [1.29, 1.82) is 0 Å². The zero-order chi connectivity index (χ0) is 25.1. The maximum atomic E-state index is 13.9. The van der Waals surface area contributed by atoms with E-state index >= 15 is 0 Å². The lowest BCUT2D eigenvalue weighted by Crippen LogP contribution is -2.40. The fraction of sp³-hybridized carbons (Fsp3) is 0.409. The lowest BCUT2D eigenvalue weighted by atomic mass is 10.1. The number of halogens is 3. The van der Waals surface area contributed by atoms with Crippen LogP contribution in [0.15, 0.2) is 32.3 Å². The molecule has 186 valence electrons. The Bertz CT molecular complexity index is 1460. The summed E-state index contributed by atoms with van der Waals surface area (Å²) < 4.78 is 34.7. The SMILES string of the molecule is CN(C)CCCn1c(=O)n(CCCc2nc(Cc3ccc(F)cc3F)no2)c(=O)c2[nH]c(Cl)nc21. The van der Waals surface area contributed by atoms with E-state index in [1.807, 2.05) is 19.0 Å². The van der Waals surface area contributed by atoms with Crippen LogP contribution >= 0.6 is 11.6 Å². The quantitative estimate of drug-likeness (QED) is 0.328. The van der Waals surface area contributed by atoms with Gasteiger partial charge in [-0.2, -0.15) is 9.97 Å². The van der Waals surface area contributed by atoms with Crippen LogP contribution in [0.1, 0.15) is 30.1 Å². The predicted octanol–water partition coefficient (Wildman–Crippen LogP) is 2.38. The van der Waals surface area contributed by atoms with Crippen molar-refractivity contribution in [2.45, 2.75) is 38.8 Å². The van der Waals surface area contributed by atoms with Crippen LogP contribution in [0.2, 0.25) is 5.28 Å². The van der Waals surface area contributed by atoms with Gasteiger partial charge in [-0.1, -0.05) is 11.2 Å². The molecule has 10 nitrogen and oxygen atoms in total. The van der Waals surface area contributed by atoms with Crippen molar-refractivity contribution in [3.63, 3.8) is 0 Å². The van der Waals surface area contributed by atoms with Gasteiger partial charge < -0.3 is 14.4 Å². The van der Waals surface area contributed by atoms with Crippen molar-refractivity contribution in [3.8, 4) is 0 Å². The fourth-order valence-corrected chi connectivity index (χ4v) is 3.94. The molecule has 1 aromatic carbocycles. The van der Waals surface area contributed by atoms with Gasteiger partial charge in [-0.05, 0) is 56.7 Å². The van der Waals surface area contributed by atoms with Crippen LogP contribution in [-0.4, -0.2) is 54.8 Å². The molecule has 3 aromatic heterocycles. The molecular formula is C22H24ClF2N7O3. The largest absolute Gasteiger partial charge is 0.339 e. The van der Waals surface area contributed by atoms with E-state index in [1.165, 1.54) is 10.6 Å². The van der Waals surface area contributed by atoms with Gasteiger partial charge in [-0.25, -0.2) is 13.6 Å². The molecule has 0 aliphatic rings. The minimum Gasteiger partial charge on any atom is -0.339 e. The summed E-state index contributed by atoms with van der Waals surface area (Å²) in [7, 11) is 3.87. The van der Waals surface area contributed by atoms with Gasteiger partial charge in [0.1, 0.15) is 11.6 Å². The van der Waals surface area contributed by atoms with Crippen molar-refractivity contribution >= 4 is 22.8 Å². The Morgan fingerprint density at radius 3 is 2.63 bits per heavy atom. The number of nitrogens with one attached hydrogen (secondary N) is 1. The smallest absolute Gasteiger partial charge is 0.332 e. The van der Waals surface area contributed by atoms with E-state index in [4.69, 9.17) is 16.1 Å². The number of hydrogen-bond acceptors (Lipinski definition) is 7. The van der Waals surface area contributed by atoms with Crippen molar-refractivity contribution in [1.82, 2.24) is 34.1 Å². The van der Waals surface area contributed by atoms with Crippen LogP contribution in [0, 0.1) is 11.6 Å². The average Bonchev–Trinajstić information content (AvgIpc) is 3.41. The molecule has 3 heterocycles. The highest BCUT2D eigenvalue weighted by Gasteiger charge is 2.17. The van der Waals surface area contributed by atoms with Crippen molar-refractivity contribution in [3.05, 3.63) is 73.2 Å². The molecule has 1 N–H and O–H groups in total. The molecule has 0 saturated heterocycles. The van der Waals surface area contributed by atoms with Gasteiger partial charge in [0.2, 0.25) is 11.2 Å². The molecule has 0 radical (unpaired) electrons. The maximum absolute atomic E-state index is 13.9. The first-order valence-electron chi connectivity index (χ1n) is 11.0. The Morgan fingerprint density at radius 2 is 1.89 bits per heavy atom. The summed E-state index contributed by atoms with van der Waals surface area (Å²) in [4.78, 5) is 39.1. The van der Waals surface area contributed by atoms with E-state index in [0.717, 1.165) is 23.2 Å². The second kappa shape index (κ2) is 10.5. The predicted molar refractivity (Wildman–Crippen MR) is 125 cm³/mol. The molecule has 0 spiro atoms. The second-order valence-electron chi connectivity index (χ2n) is 8.39. The molecule has 0 saturated carbocycles. The number of aryl methyl sites for hydroxylation is 2. The molecule has 4 aromatic rings. The molecule has 13 heteroatoms. The highest BCUT2D eigenvalue weighted by Crippen LogP contribution is 2.14. The molecule has 0 fully saturated rings. The zero-order valence-corrected chi connectivity index (χ0v) is 20.0. The molecular weight excluding hydrogens is 484 g/mol. The first-order chi connectivity index (χ1) is 16.7. The topological polar surface area (TPSA) is 115 Å². The first-order valence-corrected chi connectivity index (χ1v) is 11.4. The van der Waals surface area contributed by atoms with Crippen LogP contribution in [-0.2, 0) is 25.9 Å². The normalized spacial score (nSPS) is 11.7. The molecule has 0 aliphatic heterocycles. The number of fused-ring (bicyclic) bond motifs is 1. The van der Waals surface area contributed by atoms with Crippen LogP contribution in [0.3, 0.4) is 0 Å². The van der Waals surface area contributed by atoms with E-state index in [1.54, 1.807) is 0 Å². The van der Waals surface area contributed by atoms with Crippen molar-refractivity contribution in [2.75, 3.05) is 20.6 Å². The minimum absolute atomic E-state index is 0.0339. The van der Waals surface area contributed by atoms with E-state index in [9.17, 15) is 18.4 Å².